The van der Waals surface area contributed by atoms with Gasteiger partial charge in [-0.05, 0) is 77.8 Å². The van der Waals surface area contributed by atoms with E-state index in [1.165, 1.54) is 12.8 Å². The Morgan fingerprint density at radius 2 is 1.88 bits per heavy atom. The molecule has 0 aromatic heterocycles. The molecule has 0 bridgehead atoms. The Bertz CT molecular complexity index is 1130. The van der Waals surface area contributed by atoms with Gasteiger partial charge in [0.25, 0.3) is 0 Å². The Hall–Kier alpha value is -3.35. The Kier molecular flexibility index (Phi) is 7.83. The Labute approximate surface area is 200 Å². The molecule has 1 aliphatic rings. The molecule has 1 fully saturated rings. The first-order chi connectivity index (χ1) is 16.5. The molecule has 6 nitrogen and oxygen atoms in total. The van der Waals surface area contributed by atoms with Crippen LogP contribution in [0.5, 0.6) is 5.75 Å². The Morgan fingerprint density at radius 1 is 1.06 bits per heavy atom. The minimum Gasteiger partial charge on any atom is -0.489 e. The van der Waals surface area contributed by atoms with Crippen molar-refractivity contribution in [1.82, 2.24) is 0 Å². The monoisotopic (exact) mass is 460 g/mol. The van der Waals surface area contributed by atoms with Crippen molar-refractivity contribution in [3.63, 3.8) is 0 Å². The smallest absolute Gasteiger partial charge is 0.307 e. The predicted octanol–water partition coefficient (Wildman–Crippen LogP) is 4.76. The molecule has 5 N–H and O–H groups in total. The molecule has 0 aliphatic heterocycles. The number of nitrogens with two attached hydrogens (primary N) is 1. The number of rotatable bonds is 12. The number of hydrogen-bond acceptors (Lipinski definition) is 5. The molecule has 0 radical (unpaired) electrons. The maximum absolute atomic E-state index is 11.2. The molecule has 3 aromatic carbocycles. The van der Waals surface area contributed by atoms with Crippen molar-refractivity contribution in [2.45, 2.75) is 38.3 Å². The van der Waals surface area contributed by atoms with Gasteiger partial charge in [-0.2, -0.15) is 0 Å². The number of aliphatic hydroxyl groups is 1. The van der Waals surface area contributed by atoms with E-state index in [1.54, 1.807) is 12.1 Å². The highest BCUT2D eigenvalue weighted by atomic mass is 16.5. The highest BCUT2D eigenvalue weighted by Gasteiger charge is 2.20. The van der Waals surface area contributed by atoms with Crippen molar-refractivity contribution in [1.29, 1.82) is 0 Å². The zero-order chi connectivity index (χ0) is 23.9. The van der Waals surface area contributed by atoms with E-state index in [-0.39, 0.29) is 19.1 Å². The number of carboxylic acid groups (broad SMARTS) is 1. The summed E-state index contributed by atoms with van der Waals surface area (Å²) in [6.07, 6.45) is 2.98. The number of hydrogen-bond donors (Lipinski definition) is 4. The molecule has 178 valence electrons. The topological polar surface area (TPSA) is 105 Å². The third-order valence-corrected chi connectivity index (χ3v) is 6.08. The summed E-state index contributed by atoms with van der Waals surface area (Å²) in [5, 5.41) is 22.0. The summed E-state index contributed by atoms with van der Waals surface area (Å²) in [4.78, 5) is 11.2. The average Bonchev–Trinajstić information content (AvgIpc) is 3.67. The lowest BCUT2D eigenvalue weighted by atomic mass is 9.97. The van der Waals surface area contributed by atoms with Crippen LogP contribution in [0.1, 0.15) is 42.0 Å². The van der Waals surface area contributed by atoms with Gasteiger partial charge in [0.2, 0.25) is 0 Å². The lowest BCUT2D eigenvalue weighted by Gasteiger charge is -2.16. The quantitative estimate of drug-likeness (QED) is 0.311. The van der Waals surface area contributed by atoms with Gasteiger partial charge in [-0.3, -0.25) is 4.79 Å². The van der Waals surface area contributed by atoms with E-state index in [9.17, 15) is 15.0 Å². The van der Waals surface area contributed by atoms with Crippen molar-refractivity contribution in [2.75, 3.05) is 18.5 Å². The van der Waals surface area contributed by atoms with E-state index in [0.29, 0.717) is 24.3 Å². The molecule has 1 atom stereocenters. The van der Waals surface area contributed by atoms with Gasteiger partial charge in [-0.15, -0.1) is 0 Å². The average molecular weight is 461 g/mol. The number of carbonyl (C=O) groups is 1. The van der Waals surface area contributed by atoms with E-state index in [1.807, 2.05) is 24.3 Å². The first-order valence-corrected chi connectivity index (χ1v) is 11.8. The molecule has 0 spiro atoms. The number of nitrogens with one attached hydrogen (secondary N) is 1. The van der Waals surface area contributed by atoms with Gasteiger partial charge >= 0.3 is 5.97 Å². The van der Waals surface area contributed by atoms with Crippen LogP contribution in [0, 0.1) is 5.92 Å². The van der Waals surface area contributed by atoms with E-state index in [4.69, 9.17) is 10.5 Å². The third-order valence-electron chi connectivity index (χ3n) is 6.08. The first-order valence-electron chi connectivity index (χ1n) is 11.8. The molecule has 34 heavy (non-hydrogen) atoms. The van der Waals surface area contributed by atoms with E-state index in [2.05, 4.69) is 35.6 Å². The maximum Gasteiger partial charge on any atom is 0.307 e. The molecule has 0 saturated heterocycles. The first kappa shape index (κ1) is 23.8. The van der Waals surface area contributed by atoms with Crippen LogP contribution < -0.4 is 15.8 Å². The van der Waals surface area contributed by atoms with Crippen LogP contribution in [-0.4, -0.2) is 29.3 Å². The molecule has 3 aromatic rings. The van der Waals surface area contributed by atoms with Gasteiger partial charge < -0.3 is 26.0 Å². The van der Waals surface area contributed by atoms with Gasteiger partial charge in [0.1, 0.15) is 12.4 Å². The third kappa shape index (κ3) is 6.59. The second-order valence-electron chi connectivity index (χ2n) is 8.95. The normalized spacial score (nSPS) is 13.9. The van der Waals surface area contributed by atoms with Gasteiger partial charge in [-0.1, -0.05) is 36.4 Å². The van der Waals surface area contributed by atoms with E-state index in [0.717, 1.165) is 40.4 Å². The molecular weight excluding hydrogens is 428 g/mol. The van der Waals surface area contributed by atoms with Crippen LogP contribution in [-0.2, 0) is 17.8 Å². The zero-order valence-electron chi connectivity index (χ0n) is 19.2. The van der Waals surface area contributed by atoms with Crippen LogP contribution in [0.4, 0.5) is 5.69 Å². The lowest BCUT2D eigenvalue weighted by Crippen LogP contribution is -2.11. The van der Waals surface area contributed by atoms with Crippen LogP contribution in [0.2, 0.25) is 0 Å². The highest BCUT2D eigenvalue weighted by Crippen LogP contribution is 2.31. The fourth-order valence-electron chi connectivity index (χ4n) is 4.00. The lowest BCUT2D eigenvalue weighted by molar-refractivity contribution is -0.136. The van der Waals surface area contributed by atoms with Gasteiger partial charge in [0, 0.05) is 30.4 Å². The fourth-order valence-corrected chi connectivity index (χ4v) is 4.00. The summed E-state index contributed by atoms with van der Waals surface area (Å²) < 4.78 is 6.06. The number of anilines is 1. The van der Waals surface area contributed by atoms with Crippen LogP contribution in [0.3, 0.4) is 0 Å². The SMILES string of the molecule is NC(CCO)c1cccc(-c2cc(COc3ccccc3CC(=O)O)cc(NCC3CC3)c2)c1. The summed E-state index contributed by atoms with van der Waals surface area (Å²) in [5.74, 6) is 0.440. The van der Waals surface area contributed by atoms with Crippen molar-refractivity contribution < 1.29 is 19.7 Å². The van der Waals surface area contributed by atoms with Crippen LogP contribution in [0.25, 0.3) is 11.1 Å². The number of aliphatic hydroxyl groups excluding tert-OH is 1. The van der Waals surface area contributed by atoms with Gasteiger partial charge in [0.15, 0.2) is 0 Å². The predicted molar refractivity (Wildman–Crippen MR) is 134 cm³/mol. The molecule has 4 rings (SSSR count). The van der Waals surface area contributed by atoms with Crippen molar-refractivity contribution >= 4 is 11.7 Å². The number of ether oxygens (including phenoxy) is 1. The van der Waals surface area contributed by atoms with Crippen molar-refractivity contribution in [2.24, 2.45) is 11.7 Å². The second kappa shape index (κ2) is 11.2. The van der Waals surface area contributed by atoms with Crippen molar-refractivity contribution in [3.8, 4) is 16.9 Å². The Morgan fingerprint density at radius 3 is 2.65 bits per heavy atom. The minimum absolute atomic E-state index is 0.0524. The number of carboxylic acids is 1. The zero-order valence-corrected chi connectivity index (χ0v) is 19.2. The molecule has 1 saturated carbocycles. The van der Waals surface area contributed by atoms with E-state index >= 15 is 0 Å². The Balaban J connectivity index is 1.59. The van der Waals surface area contributed by atoms with Gasteiger partial charge in [-0.25, -0.2) is 0 Å². The second-order valence-corrected chi connectivity index (χ2v) is 8.95. The molecule has 6 heteroatoms. The summed E-state index contributed by atoms with van der Waals surface area (Å²) in [7, 11) is 0. The van der Waals surface area contributed by atoms with E-state index < -0.39 is 5.97 Å². The minimum atomic E-state index is -0.885. The summed E-state index contributed by atoms with van der Waals surface area (Å²) >= 11 is 0. The number of benzene rings is 3. The van der Waals surface area contributed by atoms with Crippen LogP contribution in [0.15, 0.2) is 66.7 Å². The van der Waals surface area contributed by atoms with Crippen LogP contribution >= 0.6 is 0 Å². The molecular formula is C28H32N2O4. The standard InChI is InChI=1S/C28H32N2O4/c29-26(10-11-31)22-6-3-5-21(14-22)24-12-20(13-25(15-24)30-17-19-8-9-19)18-34-27-7-2-1-4-23(27)16-28(32)33/h1-7,12-15,19,26,30-31H,8-11,16-18,29H2,(H,32,33). The fraction of sp³-hybridized carbons (Fsp3) is 0.321. The molecule has 0 heterocycles. The molecule has 1 aliphatic carbocycles. The highest BCUT2D eigenvalue weighted by molar-refractivity contribution is 5.71. The summed E-state index contributed by atoms with van der Waals surface area (Å²) in [6, 6.07) is 21.5. The largest absolute Gasteiger partial charge is 0.489 e. The maximum atomic E-state index is 11.2. The van der Waals surface area contributed by atoms with Crippen molar-refractivity contribution in [3.05, 3.63) is 83.4 Å². The number of aliphatic carboxylic acids is 1. The summed E-state index contributed by atoms with van der Waals surface area (Å²) in [6.45, 7) is 1.33. The molecule has 0 amide bonds. The molecule has 1 unspecified atom stereocenters. The summed E-state index contributed by atoms with van der Waals surface area (Å²) in [5.41, 5.74) is 12.0. The number of para-hydroxylation sites is 1. The van der Waals surface area contributed by atoms with Gasteiger partial charge in [0.05, 0.1) is 6.42 Å².